The molecule has 180 valence electrons. The summed E-state index contributed by atoms with van der Waals surface area (Å²) in [6.07, 6.45) is 0. The highest BCUT2D eigenvalue weighted by molar-refractivity contribution is 6.32. The van der Waals surface area contributed by atoms with Crippen molar-refractivity contribution in [1.82, 2.24) is 5.16 Å². The Morgan fingerprint density at radius 2 is 1.66 bits per heavy atom. The Balaban J connectivity index is 1.85. The van der Waals surface area contributed by atoms with Crippen molar-refractivity contribution < 1.29 is 27.9 Å². The maximum Gasteiger partial charge on any atom is 0.296 e. The molecule has 0 fully saturated rings. The average Bonchev–Trinajstić information content (AvgIpc) is 3.40. The van der Waals surface area contributed by atoms with E-state index in [4.69, 9.17) is 34.8 Å². The lowest BCUT2D eigenvalue weighted by atomic mass is 9.97. The number of benzene rings is 2. The first-order chi connectivity index (χ1) is 16.8. The van der Waals surface area contributed by atoms with Crippen LogP contribution in [0.3, 0.4) is 0 Å². The van der Waals surface area contributed by atoms with Crippen LogP contribution in [0, 0.1) is 13.8 Å². The number of fused-ring (bicyclic) bond motifs is 2. The zero-order chi connectivity index (χ0) is 25.0. The minimum absolute atomic E-state index is 0.0800. The maximum absolute atomic E-state index is 13.8. The van der Waals surface area contributed by atoms with Crippen LogP contribution in [0.1, 0.15) is 39.0 Å². The fourth-order valence-corrected chi connectivity index (χ4v) is 4.53. The number of aryl methyl sites for hydroxylation is 2. The Kier molecular flexibility index (Phi) is 5.44. The van der Waals surface area contributed by atoms with Crippen LogP contribution in [0.25, 0.3) is 11.0 Å². The van der Waals surface area contributed by atoms with E-state index in [0.29, 0.717) is 33.6 Å². The highest BCUT2D eigenvalue weighted by atomic mass is 35.5. The van der Waals surface area contributed by atoms with Gasteiger partial charge in [-0.1, -0.05) is 16.8 Å². The number of ether oxygens (including phenoxy) is 3. The monoisotopic (exact) mass is 496 g/mol. The van der Waals surface area contributed by atoms with Crippen LogP contribution in [-0.4, -0.2) is 32.4 Å². The van der Waals surface area contributed by atoms with E-state index in [0.717, 1.165) is 5.56 Å². The molecule has 0 N–H and O–H groups in total. The summed E-state index contributed by atoms with van der Waals surface area (Å²) >= 11 is 6.31. The second-order valence-electron chi connectivity index (χ2n) is 8.10. The quantitative estimate of drug-likeness (QED) is 0.387. The van der Waals surface area contributed by atoms with Gasteiger partial charge in [-0.2, -0.15) is 0 Å². The van der Waals surface area contributed by atoms with Crippen LogP contribution in [0.4, 0.5) is 5.82 Å². The lowest BCUT2D eigenvalue weighted by molar-refractivity contribution is 0.0969. The summed E-state index contributed by atoms with van der Waals surface area (Å²) in [6, 6.07) is 7.26. The normalized spacial score (nSPS) is 15.0. The topological polar surface area (TPSA) is 104 Å². The van der Waals surface area contributed by atoms with Gasteiger partial charge in [-0.15, -0.1) is 0 Å². The third kappa shape index (κ3) is 3.42. The zero-order valence-corrected chi connectivity index (χ0v) is 20.4. The fraction of sp³-hybridized carbons (Fsp3) is 0.240. The van der Waals surface area contributed by atoms with E-state index in [2.05, 4.69) is 5.16 Å². The molecule has 5 rings (SSSR count). The molecule has 2 aromatic carbocycles. The number of carbonyl (C=O) groups excluding carboxylic acids is 1. The van der Waals surface area contributed by atoms with E-state index in [-0.39, 0.29) is 33.5 Å². The third-order valence-electron chi connectivity index (χ3n) is 6.02. The van der Waals surface area contributed by atoms with Gasteiger partial charge in [0.05, 0.1) is 38.3 Å². The SMILES string of the molecule is COc1cc([C@H]2c3c(oc4cc(C)c(Cl)cc4c3=O)C(=O)N2c2cc(C)on2)cc(OC)c1OC. The molecule has 1 amide bonds. The first-order valence-electron chi connectivity index (χ1n) is 10.6. The molecule has 0 aliphatic carbocycles. The molecule has 0 saturated heterocycles. The number of carbonyl (C=O) groups is 1. The predicted octanol–water partition coefficient (Wildman–Crippen LogP) is 4.83. The predicted molar refractivity (Wildman–Crippen MR) is 128 cm³/mol. The highest BCUT2D eigenvalue weighted by Gasteiger charge is 2.45. The second kappa shape index (κ2) is 8.35. The summed E-state index contributed by atoms with van der Waals surface area (Å²) in [4.78, 5) is 28.8. The first-order valence-corrected chi connectivity index (χ1v) is 11.0. The Hall–Kier alpha value is -3.98. The van der Waals surface area contributed by atoms with Crippen molar-refractivity contribution in [3.05, 3.63) is 73.8 Å². The van der Waals surface area contributed by atoms with Crippen molar-refractivity contribution in [2.75, 3.05) is 26.2 Å². The van der Waals surface area contributed by atoms with Crippen molar-refractivity contribution in [1.29, 1.82) is 0 Å². The van der Waals surface area contributed by atoms with Gasteiger partial charge in [0, 0.05) is 11.1 Å². The molecule has 10 heteroatoms. The van der Waals surface area contributed by atoms with Gasteiger partial charge in [-0.3, -0.25) is 14.5 Å². The largest absolute Gasteiger partial charge is 0.493 e. The molecule has 0 spiro atoms. The van der Waals surface area contributed by atoms with Gasteiger partial charge in [0.2, 0.25) is 11.5 Å². The van der Waals surface area contributed by atoms with Crippen molar-refractivity contribution >= 4 is 34.3 Å². The molecule has 0 radical (unpaired) electrons. The number of aromatic nitrogens is 1. The number of methoxy groups -OCH3 is 3. The second-order valence-corrected chi connectivity index (χ2v) is 8.51. The summed E-state index contributed by atoms with van der Waals surface area (Å²) < 4.78 is 27.7. The number of rotatable bonds is 5. The molecular formula is C25H21ClN2O7. The molecular weight excluding hydrogens is 476 g/mol. The van der Waals surface area contributed by atoms with Crippen LogP contribution in [-0.2, 0) is 0 Å². The van der Waals surface area contributed by atoms with Crippen molar-refractivity contribution in [2.45, 2.75) is 19.9 Å². The van der Waals surface area contributed by atoms with Gasteiger partial charge in [0.25, 0.3) is 5.91 Å². The van der Waals surface area contributed by atoms with Crippen LogP contribution >= 0.6 is 11.6 Å². The first kappa shape index (κ1) is 22.8. The summed E-state index contributed by atoms with van der Waals surface area (Å²) in [6.45, 7) is 3.50. The number of hydrogen-bond donors (Lipinski definition) is 0. The van der Waals surface area contributed by atoms with E-state index in [1.807, 2.05) is 0 Å². The number of hydrogen-bond acceptors (Lipinski definition) is 8. The van der Waals surface area contributed by atoms with Crippen LogP contribution in [0.5, 0.6) is 17.2 Å². The molecule has 3 heterocycles. The Morgan fingerprint density at radius 3 is 2.23 bits per heavy atom. The van der Waals surface area contributed by atoms with E-state index in [1.165, 1.54) is 26.2 Å². The number of amides is 1. The van der Waals surface area contributed by atoms with E-state index in [9.17, 15) is 9.59 Å². The molecule has 1 aliphatic heterocycles. The lowest BCUT2D eigenvalue weighted by Gasteiger charge is -2.24. The average molecular weight is 497 g/mol. The van der Waals surface area contributed by atoms with Crippen LogP contribution in [0.2, 0.25) is 5.02 Å². The zero-order valence-electron chi connectivity index (χ0n) is 19.6. The van der Waals surface area contributed by atoms with Crippen LogP contribution < -0.4 is 24.5 Å². The van der Waals surface area contributed by atoms with Crippen molar-refractivity contribution in [3.8, 4) is 17.2 Å². The van der Waals surface area contributed by atoms with Gasteiger partial charge in [0.15, 0.2) is 22.7 Å². The molecule has 2 aromatic heterocycles. The van der Waals surface area contributed by atoms with Gasteiger partial charge >= 0.3 is 0 Å². The number of nitrogens with zero attached hydrogens (tertiary/aromatic N) is 2. The van der Waals surface area contributed by atoms with Gasteiger partial charge in [-0.25, -0.2) is 0 Å². The van der Waals surface area contributed by atoms with Gasteiger partial charge < -0.3 is 23.2 Å². The van der Waals surface area contributed by atoms with Crippen LogP contribution in [0.15, 0.2) is 44.1 Å². The Bertz CT molecular complexity index is 1530. The molecule has 0 saturated carbocycles. The molecule has 35 heavy (non-hydrogen) atoms. The summed E-state index contributed by atoms with van der Waals surface area (Å²) in [7, 11) is 4.46. The van der Waals surface area contributed by atoms with Crippen molar-refractivity contribution in [2.24, 2.45) is 0 Å². The molecule has 0 unspecified atom stereocenters. The summed E-state index contributed by atoms with van der Waals surface area (Å²) in [5.74, 6) is 1.22. The molecule has 4 aromatic rings. The standard InChI is InChI=1S/C25H21ClN2O7/c1-11-6-16-14(10-15(11)26)22(29)20-21(13-8-17(31-3)23(33-5)18(9-13)32-4)28(25(30)24(20)34-16)19-7-12(2)35-27-19/h6-10,21H,1-5H3/t21-/m0/s1. The highest BCUT2D eigenvalue weighted by Crippen LogP contribution is 2.46. The fourth-order valence-electron chi connectivity index (χ4n) is 4.37. The maximum atomic E-state index is 13.8. The molecule has 1 atom stereocenters. The third-order valence-corrected chi connectivity index (χ3v) is 6.42. The van der Waals surface area contributed by atoms with E-state index in [1.54, 1.807) is 44.2 Å². The minimum Gasteiger partial charge on any atom is -0.493 e. The molecule has 9 nitrogen and oxygen atoms in total. The summed E-state index contributed by atoms with van der Waals surface area (Å²) in [5, 5.41) is 4.72. The van der Waals surface area contributed by atoms with E-state index < -0.39 is 11.9 Å². The molecule has 1 aliphatic rings. The number of halogens is 1. The Morgan fingerprint density at radius 1 is 0.971 bits per heavy atom. The lowest BCUT2D eigenvalue weighted by Crippen LogP contribution is -2.29. The Labute approximate surface area is 204 Å². The van der Waals surface area contributed by atoms with Gasteiger partial charge in [-0.05, 0) is 49.2 Å². The van der Waals surface area contributed by atoms with Gasteiger partial charge in [0.1, 0.15) is 11.3 Å². The van der Waals surface area contributed by atoms with E-state index >= 15 is 0 Å². The smallest absolute Gasteiger partial charge is 0.296 e. The van der Waals surface area contributed by atoms with Crippen molar-refractivity contribution in [3.63, 3.8) is 0 Å². The summed E-state index contributed by atoms with van der Waals surface area (Å²) in [5.41, 5.74) is 1.29. The number of anilines is 1. The minimum atomic E-state index is -0.906. The molecule has 0 bridgehead atoms.